The van der Waals surface area contributed by atoms with Crippen molar-refractivity contribution in [3.8, 4) is 11.3 Å². The number of hydrogen-bond acceptors (Lipinski definition) is 2. The molecule has 4 nitrogen and oxygen atoms in total. The van der Waals surface area contributed by atoms with E-state index >= 15 is 0 Å². The van der Waals surface area contributed by atoms with Crippen LogP contribution in [0.4, 0.5) is 10.1 Å². The number of aromatic nitrogens is 2. The molecule has 0 fully saturated rings. The lowest BCUT2D eigenvalue weighted by molar-refractivity contribution is 0.102. The molecule has 0 unspecified atom stereocenters. The summed E-state index contributed by atoms with van der Waals surface area (Å²) < 4.78 is 15.3. The van der Waals surface area contributed by atoms with E-state index in [1.165, 1.54) is 6.07 Å². The van der Waals surface area contributed by atoms with E-state index in [1.807, 2.05) is 36.9 Å². The molecule has 0 radical (unpaired) electrons. The van der Waals surface area contributed by atoms with Crippen molar-refractivity contribution in [1.29, 1.82) is 0 Å². The molecule has 3 rings (SSSR count). The molecule has 1 aromatic carbocycles. The monoisotopic (exact) mass is 323 g/mol. The van der Waals surface area contributed by atoms with Crippen molar-refractivity contribution in [1.82, 2.24) is 9.55 Å². The number of nitrogens with zero attached hydrogens (tertiary/aromatic N) is 2. The van der Waals surface area contributed by atoms with Gasteiger partial charge in [-0.1, -0.05) is 0 Å². The number of pyridine rings is 1. The van der Waals surface area contributed by atoms with Gasteiger partial charge in [-0.15, -0.1) is 0 Å². The van der Waals surface area contributed by atoms with E-state index in [0.29, 0.717) is 16.8 Å². The van der Waals surface area contributed by atoms with Gasteiger partial charge in [0, 0.05) is 36.9 Å². The lowest BCUT2D eigenvalue weighted by Crippen LogP contribution is -2.14. The smallest absolute Gasteiger partial charge is 0.258 e. The number of anilines is 1. The Hall–Kier alpha value is -2.95. The quantitative estimate of drug-likeness (QED) is 0.789. The topological polar surface area (TPSA) is 46.9 Å². The zero-order chi connectivity index (χ0) is 17.3. The van der Waals surface area contributed by atoms with Crippen molar-refractivity contribution in [3.05, 3.63) is 71.4 Å². The van der Waals surface area contributed by atoms with Crippen LogP contribution in [0.25, 0.3) is 11.3 Å². The maximum atomic E-state index is 13.4. The standard InChI is InChI=1S/C19H18FN3O/c1-12-9-15(6-7-16(12)20)22-19(24)17-13(2)11-23(3)18(17)14-5-4-8-21-10-14/h4-11H,1-3H3,(H,22,24). The predicted octanol–water partition coefficient (Wildman–Crippen LogP) is 4.10. The number of halogens is 1. The van der Waals surface area contributed by atoms with Crippen LogP contribution >= 0.6 is 0 Å². The molecule has 0 spiro atoms. The van der Waals surface area contributed by atoms with E-state index in [9.17, 15) is 9.18 Å². The first kappa shape index (κ1) is 15.9. The molecule has 0 bridgehead atoms. The van der Waals surface area contributed by atoms with E-state index in [-0.39, 0.29) is 11.7 Å². The van der Waals surface area contributed by atoms with Gasteiger partial charge < -0.3 is 9.88 Å². The zero-order valence-electron chi connectivity index (χ0n) is 13.8. The molecular weight excluding hydrogens is 305 g/mol. The Morgan fingerprint density at radius 2 is 2.00 bits per heavy atom. The molecule has 0 atom stereocenters. The van der Waals surface area contributed by atoms with Gasteiger partial charge in [0.1, 0.15) is 5.82 Å². The summed E-state index contributed by atoms with van der Waals surface area (Å²) in [6.07, 6.45) is 5.33. The Kier molecular flexibility index (Phi) is 4.16. The fourth-order valence-corrected chi connectivity index (χ4v) is 2.84. The van der Waals surface area contributed by atoms with Gasteiger partial charge in [-0.3, -0.25) is 9.78 Å². The fourth-order valence-electron chi connectivity index (χ4n) is 2.84. The van der Waals surface area contributed by atoms with Crippen LogP contribution in [0.5, 0.6) is 0 Å². The Bertz CT molecular complexity index is 900. The first-order valence-electron chi connectivity index (χ1n) is 7.61. The average Bonchev–Trinajstić information content (AvgIpc) is 2.86. The highest BCUT2D eigenvalue weighted by Crippen LogP contribution is 2.28. The lowest BCUT2D eigenvalue weighted by atomic mass is 10.1. The molecule has 0 saturated carbocycles. The van der Waals surface area contributed by atoms with Gasteiger partial charge in [-0.25, -0.2) is 4.39 Å². The van der Waals surface area contributed by atoms with Crippen LogP contribution in [0, 0.1) is 19.7 Å². The van der Waals surface area contributed by atoms with Gasteiger partial charge in [0.05, 0.1) is 11.3 Å². The number of amides is 1. The second-order valence-electron chi connectivity index (χ2n) is 5.81. The summed E-state index contributed by atoms with van der Waals surface area (Å²) in [7, 11) is 1.90. The van der Waals surface area contributed by atoms with Crippen LogP contribution in [0.2, 0.25) is 0 Å². The first-order valence-corrected chi connectivity index (χ1v) is 7.61. The molecule has 1 N–H and O–H groups in total. The molecule has 3 aromatic rings. The minimum atomic E-state index is -0.292. The van der Waals surface area contributed by atoms with Crippen molar-refractivity contribution in [3.63, 3.8) is 0 Å². The molecule has 5 heteroatoms. The normalized spacial score (nSPS) is 10.7. The van der Waals surface area contributed by atoms with Crippen molar-refractivity contribution in [2.45, 2.75) is 13.8 Å². The molecule has 0 aliphatic carbocycles. The number of benzene rings is 1. The third-order valence-electron chi connectivity index (χ3n) is 3.95. The Labute approximate surface area is 140 Å². The summed E-state index contributed by atoms with van der Waals surface area (Å²) in [6.45, 7) is 3.56. The summed E-state index contributed by atoms with van der Waals surface area (Å²) in [4.78, 5) is 16.9. The minimum Gasteiger partial charge on any atom is -0.350 e. The van der Waals surface area contributed by atoms with Gasteiger partial charge in [0.15, 0.2) is 0 Å². The van der Waals surface area contributed by atoms with Crippen LogP contribution in [0.3, 0.4) is 0 Å². The van der Waals surface area contributed by atoms with Crippen LogP contribution < -0.4 is 5.32 Å². The van der Waals surface area contributed by atoms with E-state index in [0.717, 1.165) is 16.8 Å². The lowest BCUT2D eigenvalue weighted by Gasteiger charge is -2.10. The van der Waals surface area contributed by atoms with Crippen LogP contribution in [-0.2, 0) is 7.05 Å². The molecule has 0 aliphatic rings. The second kappa shape index (κ2) is 6.28. The maximum absolute atomic E-state index is 13.4. The molecule has 122 valence electrons. The van der Waals surface area contributed by atoms with E-state index in [4.69, 9.17) is 0 Å². The van der Waals surface area contributed by atoms with Gasteiger partial charge in [-0.2, -0.15) is 0 Å². The highest BCUT2D eigenvalue weighted by molar-refractivity contribution is 6.09. The molecule has 0 saturated heterocycles. The number of nitrogens with one attached hydrogen (secondary N) is 1. The number of carbonyl (C=O) groups excluding carboxylic acids is 1. The van der Waals surface area contributed by atoms with Crippen LogP contribution in [0.1, 0.15) is 21.5 Å². The Morgan fingerprint density at radius 3 is 2.67 bits per heavy atom. The van der Waals surface area contributed by atoms with Gasteiger partial charge in [-0.05, 0) is 55.3 Å². The Morgan fingerprint density at radius 1 is 1.21 bits per heavy atom. The summed E-state index contributed by atoms with van der Waals surface area (Å²) in [5.41, 5.74) is 4.19. The zero-order valence-corrected chi connectivity index (χ0v) is 13.8. The Balaban J connectivity index is 2.00. The summed E-state index contributed by atoms with van der Waals surface area (Å²) in [5, 5.41) is 2.85. The molecular formula is C19H18FN3O. The summed E-state index contributed by atoms with van der Waals surface area (Å²) >= 11 is 0. The summed E-state index contributed by atoms with van der Waals surface area (Å²) in [5.74, 6) is -0.516. The van der Waals surface area contributed by atoms with Crippen LogP contribution in [-0.4, -0.2) is 15.5 Å². The van der Waals surface area contributed by atoms with E-state index in [2.05, 4.69) is 10.3 Å². The van der Waals surface area contributed by atoms with Gasteiger partial charge in [0.25, 0.3) is 5.91 Å². The highest BCUT2D eigenvalue weighted by atomic mass is 19.1. The molecule has 1 amide bonds. The average molecular weight is 323 g/mol. The van der Waals surface area contributed by atoms with Crippen LogP contribution in [0.15, 0.2) is 48.9 Å². The number of aryl methyl sites for hydroxylation is 3. The van der Waals surface area contributed by atoms with E-state index in [1.54, 1.807) is 31.5 Å². The number of hydrogen-bond donors (Lipinski definition) is 1. The van der Waals surface area contributed by atoms with Crippen molar-refractivity contribution < 1.29 is 9.18 Å². The first-order chi connectivity index (χ1) is 11.5. The third kappa shape index (κ3) is 2.93. The number of carbonyl (C=O) groups is 1. The minimum absolute atomic E-state index is 0.224. The molecule has 2 heterocycles. The summed E-state index contributed by atoms with van der Waals surface area (Å²) in [6, 6.07) is 8.28. The van der Waals surface area contributed by atoms with Gasteiger partial charge in [0.2, 0.25) is 0 Å². The fraction of sp³-hybridized carbons (Fsp3) is 0.158. The third-order valence-corrected chi connectivity index (χ3v) is 3.95. The second-order valence-corrected chi connectivity index (χ2v) is 5.81. The number of rotatable bonds is 3. The molecule has 24 heavy (non-hydrogen) atoms. The van der Waals surface area contributed by atoms with Crippen molar-refractivity contribution in [2.75, 3.05) is 5.32 Å². The predicted molar refractivity (Wildman–Crippen MR) is 92.5 cm³/mol. The van der Waals surface area contributed by atoms with Gasteiger partial charge >= 0.3 is 0 Å². The highest BCUT2D eigenvalue weighted by Gasteiger charge is 2.20. The molecule has 2 aromatic heterocycles. The maximum Gasteiger partial charge on any atom is 0.258 e. The molecule has 0 aliphatic heterocycles. The van der Waals surface area contributed by atoms with E-state index < -0.39 is 0 Å². The SMILES string of the molecule is Cc1cc(NC(=O)c2c(C)cn(C)c2-c2cccnc2)ccc1F. The largest absolute Gasteiger partial charge is 0.350 e. The van der Waals surface area contributed by atoms with Crippen molar-refractivity contribution >= 4 is 11.6 Å². The van der Waals surface area contributed by atoms with Crippen molar-refractivity contribution in [2.24, 2.45) is 7.05 Å².